The van der Waals surface area contributed by atoms with Gasteiger partial charge in [0.1, 0.15) is 0 Å². The minimum Gasteiger partial charge on any atom is -0.396 e. The van der Waals surface area contributed by atoms with E-state index in [1.807, 2.05) is 12.1 Å². The molecule has 0 radical (unpaired) electrons. The smallest absolute Gasteiger partial charge is 0.254 e. The normalized spacial score (nSPS) is 26.9. The van der Waals surface area contributed by atoms with Crippen LogP contribution in [0.5, 0.6) is 0 Å². The Balaban J connectivity index is 1.58. The van der Waals surface area contributed by atoms with E-state index >= 15 is 0 Å². The summed E-state index contributed by atoms with van der Waals surface area (Å²) in [6, 6.07) is 12.9. The largest absolute Gasteiger partial charge is 0.396 e. The molecule has 1 saturated carbocycles. The first kappa shape index (κ1) is 19.1. The van der Waals surface area contributed by atoms with Gasteiger partial charge >= 0.3 is 0 Å². The molecule has 156 valence electrons. The lowest BCUT2D eigenvalue weighted by Gasteiger charge is -2.38. The lowest BCUT2D eigenvalue weighted by Crippen LogP contribution is -2.49. The van der Waals surface area contributed by atoms with E-state index in [0.717, 1.165) is 12.8 Å². The third-order valence-corrected chi connectivity index (χ3v) is 6.74. The van der Waals surface area contributed by atoms with E-state index in [9.17, 15) is 19.5 Å². The van der Waals surface area contributed by atoms with Gasteiger partial charge < -0.3 is 19.9 Å². The molecule has 2 aromatic rings. The van der Waals surface area contributed by atoms with Crippen LogP contribution < -0.4 is 10.9 Å². The molecule has 3 aliphatic rings. The van der Waals surface area contributed by atoms with Gasteiger partial charge in [-0.2, -0.15) is 0 Å². The quantitative estimate of drug-likeness (QED) is 0.779. The fourth-order valence-electron chi connectivity index (χ4n) is 5.05. The highest BCUT2D eigenvalue weighted by Crippen LogP contribution is 2.48. The van der Waals surface area contributed by atoms with Gasteiger partial charge in [-0.05, 0) is 37.0 Å². The number of fused-ring (bicyclic) bond motifs is 4. The van der Waals surface area contributed by atoms with Crippen molar-refractivity contribution in [2.24, 2.45) is 17.8 Å². The van der Waals surface area contributed by atoms with Crippen LogP contribution in [0.15, 0.2) is 53.3 Å². The van der Waals surface area contributed by atoms with Crippen LogP contribution in [0.4, 0.5) is 0 Å². The summed E-state index contributed by atoms with van der Waals surface area (Å²) >= 11 is 0. The van der Waals surface area contributed by atoms with Crippen LogP contribution in [0.1, 0.15) is 34.9 Å². The van der Waals surface area contributed by atoms with Crippen LogP contribution in [-0.2, 0) is 11.3 Å². The first-order valence-corrected chi connectivity index (χ1v) is 10.6. The van der Waals surface area contributed by atoms with Crippen molar-refractivity contribution in [3.8, 4) is 0 Å². The molecule has 2 fully saturated rings. The molecule has 2 amide bonds. The zero-order valence-electron chi connectivity index (χ0n) is 16.6. The summed E-state index contributed by atoms with van der Waals surface area (Å²) in [7, 11) is 0. The second-order valence-corrected chi connectivity index (χ2v) is 8.55. The van der Waals surface area contributed by atoms with Crippen molar-refractivity contribution in [1.29, 1.82) is 0 Å². The van der Waals surface area contributed by atoms with Gasteiger partial charge in [0.05, 0.1) is 18.0 Å². The van der Waals surface area contributed by atoms with Crippen LogP contribution in [0.2, 0.25) is 0 Å². The number of rotatable bonds is 5. The van der Waals surface area contributed by atoms with Crippen molar-refractivity contribution < 1.29 is 14.7 Å². The molecule has 1 aliphatic carbocycles. The molecule has 2 N–H and O–H groups in total. The van der Waals surface area contributed by atoms with E-state index in [-0.39, 0.29) is 30.5 Å². The highest BCUT2D eigenvalue weighted by molar-refractivity contribution is 5.96. The predicted molar refractivity (Wildman–Crippen MR) is 110 cm³/mol. The lowest BCUT2D eigenvalue weighted by atomic mass is 9.86. The van der Waals surface area contributed by atoms with Crippen LogP contribution in [0.25, 0.3) is 0 Å². The number of aliphatic hydroxyl groups excluding tert-OH is 1. The highest BCUT2D eigenvalue weighted by Gasteiger charge is 2.57. The Morgan fingerprint density at radius 2 is 1.83 bits per heavy atom. The van der Waals surface area contributed by atoms with E-state index in [1.54, 1.807) is 39.8 Å². The molecule has 2 bridgehead atoms. The molecule has 1 aromatic carbocycles. The average Bonchev–Trinajstić information content (AvgIpc) is 3.56. The highest BCUT2D eigenvalue weighted by atomic mass is 16.3. The Morgan fingerprint density at radius 1 is 1.07 bits per heavy atom. The second-order valence-electron chi connectivity index (χ2n) is 8.55. The molecular weight excluding hydrogens is 382 g/mol. The van der Waals surface area contributed by atoms with E-state index in [2.05, 4.69) is 5.32 Å². The molecule has 7 heteroatoms. The monoisotopic (exact) mass is 407 g/mol. The number of aliphatic hydroxyl groups is 1. The molecular formula is C23H25N3O4. The molecule has 4 atom stereocenters. The molecule has 5 rings (SSSR count). The van der Waals surface area contributed by atoms with Crippen molar-refractivity contribution in [2.75, 3.05) is 13.2 Å². The van der Waals surface area contributed by atoms with E-state index in [1.165, 1.54) is 6.07 Å². The maximum atomic E-state index is 13.5. The first-order chi connectivity index (χ1) is 14.6. The van der Waals surface area contributed by atoms with Crippen LogP contribution >= 0.6 is 0 Å². The first-order valence-electron chi connectivity index (χ1n) is 10.6. The number of nitrogens with zero attached hydrogens (tertiary/aromatic N) is 2. The second kappa shape index (κ2) is 7.40. The van der Waals surface area contributed by atoms with Gasteiger partial charge in [-0.25, -0.2) is 0 Å². The number of hydrogen-bond donors (Lipinski definition) is 2. The summed E-state index contributed by atoms with van der Waals surface area (Å²) in [6.07, 6.45) is 2.24. The number of pyridine rings is 1. The number of benzene rings is 1. The van der Waals surface area contributed by atoms with Crippen molar-refractivity contribution in [3.63, 3.8) is 0 Å². The zero-order valence-corrected chi connectivity index (χ0v) is 16.6. The minimum absolute atomic E-state index is 0.148. The number of hydrogen-bond acceptors (Lipinski definition) is 4. The topological polar surface area (TPSA) is 91.6 Å². The summed E-state index contributed by atoms with van der Waals surface area (Å²) in [5, 5.41) is 13.3. The van der Waals surface area contributed by atoms with Gasteiger partial charge in [-0.15, -0.1) is 0 Å². The lowest BCUT2D eigenvalue weighted by molar-refractivity contribution is -0.127. The van der Waals surface area contributed by atoms with Gasteiger partial charge in [-0.3, -0.25) is 14.4 Å². The number of carbonyl (C=O) groups excluding carboxylic acids is 2. The summed E-state index contributed by atoms with van der Waals surface area (Å²) in [5.41, 5.74) is 1.05. The minimum atomic E-state index is -0.595. The fourth-order valence-corrected chi connectivity index (χ4v) is 5.05. The zero-order chi connectivity index (χ0) is 20.8. The summed E-state index contributed by atoms with van der Waals surface area (Å²) < 4.78 is 1.65. The van der Waals surface area contributed by atoms with Crippen molar-refractivity contribution in [2.45, 2.75) is 31.5 Å². The summed E-state index contributed by atoms with van der Waals surface area (Å²) in [6.45, 7) is 0.685. The number of carbonyl (C=O) groups is 2. The van der Waals surface area contributed by atoms with Gasteiger partial charge in [0.15, 0.2) is 0 Å². The number of aromatic nitrogens is 1. The third kappa shape index (κ3) is 3.04. The van der Waals surface area contributed by atoms with Gasteiger partial charge in [0, 0.05) is 42.9 Å². The Morgan fingerprint density at radius 3 is 2.53 bits per heavy atom. The standard InChI is InChI=1S/C23H25N3O4/c27-13-16-18-12-25-17(7-4-8-19(25)28)21(20(16)22(29)24-11-14-9-10-14)26(18)23(30)15-5-2-1-3-6-15/h1-8,14,16,18,20-21,27H,9-13H2,(H,24,29)/t16-,18-,20+,21+/m1/s1. The van der Waals surface area contributed by atoms with E-state index < -0.39 is 23.9 Å². The Bertz CT molecular complexity index is 1030. The van der Waals surface area contributed by atoms with E-state index in [4.69, 9.17) is 0 Å². The molecule has 0 spiro atoms. The molecule has 0 unspecified atom stereocenters. The van der Waals surface area contributed by atoms with E-state index in [0.29, 0.717) is 23.7 Å². The van der Waals surface area contributed by atoms with Crippen molar-refractivity contribution in [3.05, 3.63) is 70.1 Å². The maximum absolute atomic E-state index is 13.5. The van der Waals surface area contributed by atoms with Gasteiger partial charge in [0.25, 0.3) is 11.5 Å². The Labute approximate surface area is 174 Å². The fraction of sp³-hybridized carbons (Fsp3) is 0.435. The molecule has 30 heavy (non-hydrogen) atoms. The van der Waals surface area contributed by atoms with Crippen LogP contribution in [-0.4, -0.2) is 45.6 Å². The Hall–Kier alpha value is -2.93. The van der Waals surface area contributed by atoms with Gasteiger partial charge in [0.2, 0.25) is 5.91 Å². The summed E-state index contributed by atoms with van der Waals surface area (Å²) in [5.74, 6) is -0.824. The Kier molecular flexibility index (Phi) is 4.70. The van der Waals surface area contributed by atoms with Crippen molar-refractivity contribution in [1.82, 2.24) is 14.8 Å². The average molecular weight is 407 g/mol. The van der Waals surface area contributed by atoms with Crippen molar-refractivity contribution >= 4 is 11.8 Å². The van der Waals surface area contributed by atoms with Crippen LogP contribution in [0.3, 0.4) is 0 Å². The maximum Gasteiger partial charge on any atom is 0.254 e. The molecule has 7 nitrogen and oxygen atoms in total. The predicted octanol–water partition coefficient (Wildman–Crippen LogP) is 1.18. The SMILES string of the molecule is O=C(NCC1CC1)[C@H]1[C@H](CO)[C@H]2Cn3c(cccc3=O)[C@@H]1N2C(=O)c1ccccc1. The molecule has 3 heterocycles. The molecule has 1 aromatic heterocycles. The van der Waals surface area contributed by atoms with Crippen LogP contribution in [0, 0.1) is 17.8 Å². The molecule has 1 saturated heterocycles. The van der Waals surface area contributed by atoms with Gasteiger partial charge in [-0.1, -0.05) is 24.3 Å². The number of nitrogens with one attached hydrogen (secondary N) is 1. The summed E-state index contributed by atoms with van der Waals surface area (Å²) in [4.78, 5) is 41.0. The third-order valence-electron chi connectivity index (χ3n) is 6.74. The number of amides is 2. The molecule has 2 aliphatic heterocycles.